The molecule has 12 heteroatoms. The van der Waals surface area contributed by atoms with Gasteiger partial charge in [-0.15, -0.1) is 0 Å². The Kier molecular flexibility index (Phi) is 9.79. The van der Waals surface area contributed by atoms with Crippen molar-refractivity contribution in [2.45, 2.75) is 43.4 Å². The summed E-state index contributed by atoms with van der Waals surface area (Å²) in [5.74, 6) is -0.491. The largest absolute Gasteiger partial charge is 1.00 e. The van der Waals surface area contributed by atoms with Crippen molar-refractivity contribution in [3.05, 3.63) is 0 Å². The zero-order valence-electron chi connectivity index (χ0n) is 12.7. The van der Waals surface area contributed by atoms with Crippen LogP contribution >= 0.6 is 0 Å². The van der Waals surface area contributed by atoms with Gasteiger partial charge in [0.15, 0.2) is 0 Å². The Labute approximate surface area is 175 Å². The number of hydrogen-bond donors (Lipinski definition) is 1. The van der Waals surface area contributed by atoms with E-state index in [1.165, 1.54) is 0 Å². The van der Waals surface area contributed by atoms with Gasteiger partial charge >= 0.3 is 51.4 Å². The molecule has 0 spiro atoms. The summed E-state index contributed by atoms with van der Waals surface area (Å²) in [6.07, 6.45) is 1.91. The Hall–Kier alpha value is 1.41. The summed E-state index contributed by atoms with van der Waals surface area (Å²) in [6.45, 7) is 0. The van der Waals surface area contributed by atoms with E-state index in [1.807, 2.05) is 0 Å². The van der Waals surface area contributed by atoms with Crippen molar-refractivity contribution >= 4 is 30.0 Å². The number of nitrogens with one attached hydrogen (secondary N) is 1. The number of sulfonamides is 1. The van der Waals surface area contributed by atoms with Crippen molar-refractivity contribution in [1.82, 2.24) is 4.72 Å². The minimum Gasteiger partial charge on any atom is -0.748 e. The van der Waals surface area contributed by atoms with Crippen LogP contribution in [0.5, 0.6) is 0 Å². The van der Waals surface area contributed by atoms with E-state index in [4.69, 9.17) is 0 Å². The second-order valence-corrected chi connectivity index (χ2v) is 11.2. The Bertz CT molecular complexity index is 649. The van der Waals surface area contributed by atoms with Gasteiger partial charge in [-0.05, 0) is 32.1 Å². The molecule has 0 saturated heterocycles. The summed E-state index contributed by atoms with van der Waals surface area (Å²) in [6, 6.07) is -0.397. The third-order valence-electron chi connectivity index (χ3n) is 3.36. The molecule has 8 nitrogen and oxygen atoms in total. The van der Waals surface area contributed by atoms with Gasteiger partial charge in [0.1, 0.15) is 9.84 Å². The second-order valence-electron chi connectivity index (χ2n) is 5.39. The van der Waals surface area contributed by atoms with Crippen LogP contribution in [0.2, 0.25) is 0 Å². The SMILES string of the molecule is CS(=O)(=O)CCCS(=O)(=O)NC1CCC(S(=O)(=O)[O-])CC1.[K+]. The first-order valence-electron chi connectivity index (χ1n) is 6.51. The van der Waals surface area contributed by atoms with Crippen molar-refractivity contribution < 1.29 is 81.2 Å². The molecule has 0 aliphatic heterocycles. The van der Waals surface area contributed by atoms with Gasteiger partial charge < -0.3 is 4.55 Å². The maximum atomic E-state index is 11.8. The predicted molar refractivity (Wildman–Crippen MR) is 77.0 cm³/mol. The summed E-state index contributed by atoms with van der Waals surface area (Å²) in [5.41, 5.74) is 0. The fraction of sp³-hybridized carbons (Fsp3) is 1.00. The molecule has 0 atom stereocenters. The average molecular weight is 402 g/mol. The zero-order valence-corrected chi connectivity index (χ0v) is 18.3. The Morgan fingerprint density at radius 1 is 0.955 bits per heavy atom. The summed E-state index contributed by atoms with van der Waals surface area (Å²) >= 11 is 0. The molecule has 0 aromatic heterocycles. The average Bonchev–Trinajstić information content (AvgIpc) is 2.25. The third-order valence-corrected chi connectivity index (χ3v) is 7.19. The molecule has 126 valence electrons. The molecule has 0 amide bonds. The third kappa shape index (κ3) is 9.64. The monoisotopic (exact) mass is 401 g/mol. The van der Waals surface area contributed by atoms with Gasteiger partial charge in [-0.25, -0.2) is 30.0 Å². The molecule has 0 radical (unpaired) electrons. The number of sulfone groups is 1. The molecule has 1 aliphatic rings. The Morgan fingerprint density at radius 2 is 1.45 bits per heavy atom. The molecule has 0 aromatic rings. The van der Waals surface area contributed by atoms with Crippen molar-refractivity contribution in [3.8, 4) is 0 Å². The molecule has 1 saturated carbocycles. The summed E-state index contributed by atoms with van der Waals surface area (Å²) in [5, 5.41) is -0.941. The molecule has 1 N–H and O–H groups in total. The fourth-order valence-electron chi connectivity index (χ4n) is 2.29. The van der Waals surface area contributed by atoms with Crippen LogP contribution < -0.4 is 56.1 Å². The second kappa shape index (κ2) is 9.20. The van der Waals surface area contributed by atoms with Crippen LogP contribution in [-0.2, 0) is 30.0 Å². The summed E-state index contributed by atoms with van der Waals surface area (Å²) < 4.78 is 80.4. The van der Waals surface area contributed by atoms with Crippen LogP contribution in [0.3, 0.4) is 0 Å². The van der Waals surface area contributed by atoms with Crippen LogP contribution in [0, 0.1) is 0 Å². The van der Waals surface area contributed by atoms with Crippen molar-refractivity contribution in [2.24, 2.45) is 0 Å². The minimum absolute atomic E-state index is 0. The molecule has 1 rings (SSSR count). The van der Waals surface area contributed by atoms with E-state index in [-0.39, 0.29) is 95.0 Å². The van der Waals surface area contributed by atoms with E-state index >= 15 is 0 Å². The van der Waals surface area contributed by atoms with Crippen molar-refractivity contribution in [1.29, 1.82) is 0 Å². The van der Waals surface area contributed by atoms with E-state index in [9.17, 15) is 29.8 Å². The van der Waals surface area contributed by atoms with Crippen LogP contribution in [0.25, 0.3) is 0 Å². The first-order valence-corrected chi connectivity index (χ1v) is 11.7. The van der Waals surface area contributed by atoms with Crippen LogP contribution in [0.1, 0.15) is 32.1 Å². The smallest absolute Gasteiger partial charge is 0.748 e. The predicted octanol–water partition coefficient (Wildman–Crippen LogP) is -3.80. The minimum atomic E-state index is -4.32. The number of rotatable bonds is 7. The van der Waals surface area contributed by atoms with Crippen molar-refractivity contribution in [2.75, 3.05) is 17.8 Å². The molecular formula is C10H20KNO7S3. The molecule has 0 bridgehead atoms. The normalized spacial score (nSPS) is 23.7. The van der Waals surface area contributed by atoms with E-state index < -0.39 is 41.3 Å². The molecule has 22 heavy (non-hydrogen) atoms. The van der Waals surface area contributed by atoms with Gasteiger partial charge in [0.25, 0.3) is 0 Å². The maximum absolute atomic E-state index is 11.8. The van der Waals surface area contributed by atoms with Gasteiger partial charge in [-0.1, -0.05) is 0 Å². The van der Waals surface area contributed by atoms with E-state index in [1.54, 1.807) is 0 Å². The molecule has 0 unspecified atom stereocenters. The molecular weight excluding hydrogens is 381 g/mol. The van der Waals surface area contributed by atoms with E-state index in [0.717, 1.165) is 6.26 Å². The zero-order chi connectivity index (χ0) is 16.3. The summed E-state index contributed by atoms with van der Waals surface area (Å²) in [4.78, 5) is 0. The maximum Gasteiger partial charge on any atom is 1.00 e. The van der Waals surface area contributed by atoms with Gasteiger partial charge in [-0.2, -0.15) is 0 Å². The van der Waals surface area contributed by atoms with Gasteiger partial charge in [0, 0.05) is 17.5 Å². The summed E-state index contributed by atoms with van der Waals surface area (Å²) in [7, 11) is -11.1. The Balaban J connectivity index is 0.00000441. The van der Waals surface area contributed by atoms with Gasteiger partial charge in [-0.3, -0.25) is 0 Å². The molecule has 0 heterocycles. The first-order chi connectivity index (χ1) is 9.39. The quantitative estimate of drug-likeness (QED) is 0.341. The van der Waals surface area contributed by atoms with Gasteiger partial charge in [0.05, 0.1) is 21.6 Å². The van der Waals surface area contributed by atoms with Crippen molar-refractivity contribution in [3.63, 3.8) is 0 Å². The standard InChI is InChI=1S/C10H21NO7S3.K/c1-19(12,13)7-2-8-20(14,15)11-9-3-5-10(6-4-9)21(16,17)18;/h9-11H,2-8H2,1H3,(H,16,17,18);/q;+1/p-1. The van der Waals surface area contributed by atoms with Crippen LogP contribution in [-0.4, -0.2) is 58.9 Å². The molecule has 1 aliphatic carbocycles. The fourth-order valence-corrected chi connectivity index (χ4v) is 5.38. The topological polar surface area (TPSA) is 138 Å². The number of hydrogen-bond acceptors (Lipinski definition) is 7. The molecule has 1 fully saturated rings. The Morgan fingerprint density at radius 3 is 1.86 bits per heavy atom. The van der Waals surface area contributed by atoms with E-state index in [0.29, 0.717) is 0 Å². The van der Waals surface area contributed by atoms with Gasteiger partial charge in [0.2, 0.25) is 10.0 Å². The van der Waals surface area contributed by atoms with Crippen LogP contribution in [0.15, 0.2) is 0 Å². The van der Waals surface area contributed by atoms with E-state index in [2.05, 4.69) is 4.72 Å². The first kappa shape index (κ1) is 23.4. The molecule has 0 aromatic carbocycles. The van der Waals surface area contributed by atoms with Crippen LogP contribution in [0.4, 0.5) is 0 Å².